The first-order valence-corrected chi connectivity index (χ1v) is 7.39. The Hall–Kier alpha value is -1.56. The van der Waals surface area contributed by atoms with E-state index in [0.29, 0.717) is 5.56 Å². The van der Waals surface area contributed by atoms with Gasteiger partial charge in [-0.2, -0.15) is 0 Å². The summed E-state index contributed by atoms with van der Waals surface area (Å²) in [6.07, 6.45) is 0. The van der Waals surface area contributed by atoms with Crippen molar-refractivity contribution in [3.05, 3.63) is 59.7 Å². The van der Waals surface area contributed by atoms with Crippen molar-refractivity contribution in [2.75, 3.05) is 25.2 Å². The minimum atomic E-state index is -0.736. The van der Waals surface area contributed by atoms with Gasteiger partial charge in [0, 0.05) is 0 Å². The molecule has 6 heteroatoms. The summed E-state index contributed by atoms with van der Waals surface area (Å²) in [5.74, 6) is -1.73. The second-order valence-corrected chi connectivity index (χ2v) is 5.35. The zero-order valence-corrected chi connectivity index (χ0v) is 13.5. The number of anilines is 1. The molecule has 0 aliphatic carbocycles. The van der Waals surface area contributed by atoms with Gasteiger partial charge in [0.25, 0.3) is 0 Å². The molecule has 0 fully saturated rings. The number of hydrogen-bond donors (Lipinski definition) is 0. The molecule has 0 radical (unpaired) electrons. The Balaban J connectivity index is 2.43. The summed E-state index contributed by atoms with van der Waals surface area (Å²) in [5.41, 5.74) is 0.477. The van der Waals surface area contributed by atoms with Gasteiger partial charge in [-0.05, 0) is 0 Å². The van der Waals surface area contributed by atoms with Gasteiger partial charge < -0.3 is 0 Å². The summed E-state index contributed by atoms with van der Waals surface area (Å²) in [7, 11) is 1.50. The van der Waals surface area contributed by atoms with Gasteiger partial charge in [-0.15, -0.1) is 0 Å². The molecule has 2 rings (SSSR count). The van der Waals surface area contributed by atoms with Crippen molar-refractivity contribution < 1.29 is 38.7 Å². The van der Waals surface area contributed by atoms with Crippen molar-refractivity contribution in [1.82, 2.24) is 0 Å². The van der Waals surface area contributed by atoms with Gasteiger partial charge >= 0.3 is 139 Å². The monoisotopic (exact) mass is 338 g/mol. The van der Waals surface area contributed by atoms with Crippen molar-refractivity contribution in [1.29, 1.82) is 0 Å². The third-order valence-corrected chi connectivity index (χ3v) is 3.86. The molecule has 0 saturated heterocycles. The first-order valence-electron chi connectivity index (χ1n) is 6.61. The zero-order chi connectivity index (χ0) is 16.1. The van der Waals surface area contributed by atoms with Crippen molar-refractivity contribution >= 4 is 15.5 Å². The number of benzene rings is 2. The molecule has 0 aromatic heterocycles. The number of rotatable bonds is 5. The SMILES string of the molecule is COCCN(C(=O)c1ccccc1)c1ccc(F)[c]([Ti])c1F. The minimum absolute atomic E-state index is 0.0461. The molecule has 2 aromatic carbocycles. The molecule has 0 unspecified atom stereocenters. The Labute approximate surface area is 139 Å². The van der Waals surface area contributed by atoms with E-state index in [9.17, 15) is 13.6 Å². The van der Waals surface area contributed by atoms with Crippen LogP contribution in [0.5, 0.6) is 0 Å². The summed E-state index contributed by atoms with van der Waals surface area (Å²) in [4.78, 5) is 13.9. The van der Waals surface area contributed by atoms with Crippen LogP contribution in [0.4, 0.5) is 14.5 Å². The number of hydrogen-bond acceptors (Lipinski definition) is 2. The van der Waals surface area contributed by atoms with Crippen LogP contribution in [0.2, 0.25) is 0 Å². The molecule has 0 bridgehead atoms. The van der Waals surface area contributed by atoms with E-state index in [2.05, 4.69) is 0 Å². The Morgan fingerprint density at radius 3 is 2.50 bits per heavy atom. The van der Waals surface area contributed by atoms with Crippen LogP contribution in [0.3, 0.4) is 0 Å². The number of carbonyl (C=O) groups is 1. The molecule has 0 atom stereocenters. The number of ether oxygens (including phenoxy) is 1. The van der Waals surface area contributed by atoms with Gasteiger partial charge in [-0.3, -0.25) is 0 Å². The van der Waals surface area contributed by atoms with E-state index >= 15 is 0 Å². The molecule has 3 nitrogen and oxygen atoms in total. The van der Waals surface area contributed by atoms with Gasteiger partial charge in [0.1, 0.15) is 0 Å². The molecule has 113 valence electrons. The number of carbonyl (C=O) groups excluding carboxylic acids is 1. The van der Waals surface area contributed by atoms with Crippen LogP contribution in [-0.2, 0) is 25.2 Å². The third-order valence-electron chi connectivity index (χ3n) is 3.15. The zero-order valence-electron chi connectivity index (χ0n) is 12.0. The van der Waals surface area contributed by atoms with Crippen LogP contribution >= 0.6 is 0 Å². The van der Waals surface area contributed by atoms with E-state index in [1.165, 1.54) is 38.5 Å². The van der Waals surface area contributed by atoms with Crippen LogP contribution < -0.4 is 8.77 Å². The predicted octanol–water partition coefficient (Wildman–Crippen LogP) is 2.43. The standard InChI is InChI=1S/C16H14F2NO2.Ti/c1-21-10-9-19(15-8-7-13(17)11-14(15)18)16(20)12-5-3-2-4-6-12;/h2-8H,9-10H2,1H3;. The van der Waals surface area contributed by atoms with Gasteiger partial charge in [0.05, 0.1) is 0 Å². The van der Waals surface area contributed by atoms with Crippen molar-refractivity contribution in [3.8, 4) is 0 Å². The molecule has 0 aliphatic rings. The molecule has 0 aliphatic heterocycles. The molecule has 0 N–H and O–H groups in total. The molecular weight excluding hydrogens is 324 g/mol. The molecule has 1 amide bonds. The summed E-state index contributed by atoms with van der Waals surface area (Å²) in [5, 5.41) is 0. The molecule has 22 heavy (non-hydrogen) atoms. The van der Waals surface area contributed by atoms with Crippen LogP contribution in [-0.4, -0.2) is 26.2 Å². The molecule has 0 spiro atoms. The van der Waals surface area contributed by atoms with Gasteiger partial charge in [0.2, 0.25) is 0 Å². The number of amides is 1. The van der Waals surface area contributed by atoms with E-state index in [1.807, 2.05) is 0 Å². The maximum atomic E-state index is 14.3. The topological polar surface area (TPSA) is 29.5 Å². The Morgan fingerprint density at radius 1 is 1.18 bits per heavy atom. The van der Waals surface area contributed by atoms with Crippen LogP contribution in [0, 0.1) is 11.6 Å². The average molecular weight is 338 g/mol. The number of methoxy groups -OCH3 is 1. The van der Waals surface area contributed by atoms with Crippen molar-refractivity contribution in [2.45, 2.75) is 0 Å². The van der Waals surface area contributed by atoms with E-state index in [0.717, 1.165) is 6.07 Å². The third kappa shape index (κ3) is 3.61. The fourth-order valence-corrected chi connectivity index (χ4v) is 2.33. The van der Waals surface area contributed by atoms with Crippen LogP contribution in [0.1, 0.15) is 10.4 Å². The Bertz CT molecular complexity index is 665. The summed E-state index contributed by atoms with van der Waals surface area (Å²) >= 11 is 1.34. The molecule has 0 saturated carbocycles. The quantitative estimate of drug-likeness (QED) is 0.784. The first kappa shape index (κ1) is 16.8. The van der Waals surface area contributed by atoms with Gasteiger partial charge in [-0.25, -0.2) is 0 Å². The summed E-state index contributed by atoms with van der Waals surface area (Å²) < 4.78 is 32.6. The van der Waals surface area contributed by atoms with Gasteiger partial charge in [-0.1, -0.05) is 0 Å². The summed E-state index contributed by atoms with van der Waals surface area (Å²) in [6, 6.07) is 11.0. The first-order chi connectivity index (χ1) is 10.6. The van der Waals surface area contributed by atoms with Crippen molar-refractivity contribution in [2.24, 2.45) is 0 Å². The fourth-order valence-electron chi connectivity index (χ4n) is 2.00. The van der Waals surface area contributed by atoms with E-state index in [1.54, 1.807) is 30.3 Å². The van der Waals surface area contributed by atoms with E-state index < -0.39 is 11.6 Å². The predicted molar refractivity (Wildman–Crippen MR) is 76.0 cm³/mol. The van der Waals surface area contributed by atoms with E-state index in [-0.39, 0.29) is 28.6 Å². The van der Waals surface area contributed by atoms with Gasteiger partial charge in [0.15, 0.2) is 0 Å². The van der Waals surface area contributed by atoms with Crippen LogP contribution in [0.15, 0.2) is 42.5 Å². The summed E-state index contributed by atoms with van der Waals surface area (Å²) in [6.45, 7) is 0.417. The normalized spacial score (nSPS) is 10.5. The molecule has 0 heterocycles. The average Bonchev–Trinajstić information content (AvgIpc) is 2.55. The fraction of sp³-hybridized carbons (Fsp3) is 0.188. The Kier molecular flexibility index (Phi) is 5.83. The second-order valence-electron chi connectivity index (χ2n) is 4.57. The Morgan fingerprint density at radius 2 is 1.86 bits per heavy atom. The van der Waals surface area contributed by atoms with E-state index in [4.69, 9.17) is 4.74 Å². The second kappa shape index (κ2) is 7.63. The maximum absolute atomic E-state index is 14.3. The molecular formula is C16H14F2NO2Ti. The van der Waals surface area contributed by atoms with Crippen molar-refractivity contribution in [3.63, 3.8) is 0 Å². The number of halogens is 2. The van der Waals surface area contributed by atoms with Crippen LogP contribution in [0.25, 0.3) is 0 Å². The molecule has 2 aromatic rings. The number of nitrogens with zero attached hydrogens (tertiary/aromatic N) is 1.